The highest BCUT2D eigenvalue weighted by Gasteiger charge is 2.54. The third-order valence-corrected chi connectivity index (χ3v) is 12.6. The van der Waals surface area contributed by atoms with Crippen LogP contribution in [0.5, 0.6) is 0 Å². The van der Waals surface area contributed by atoms with Crippen LogP contribution in [0.25, 0.3) is 22.3 Å². The predicted octanol–water partition coefficient (Wildman–Crippen LogP) is 4.78. The van der Waals surface area contributed by atoms with Gasteiger partial charge in [0.05, 0.1) is 48.5 Å². The molecule has 25 heteroatoms. The molecule has 59 heavy (non-hydrogen) atoms. The van der Waals surface area contributed by atoms with Crippen LogP contribution in [0.1, 0.15) is 66.7 Å². The molecule has 3 unspecified atom stereocenters. The second kappa shape index (κ2) is 16.4. The number of halogens is 1. The summed E-state index contributed by atoms with van der Waals surface area (Å²) in [6.45, 7) is 6.74. The van der Waals surface area contributed by atoms with Crippen molar-refractivity contribution in [3.63, 3.8) is 0 Å². The van der Waals surface area contributed by atoms with E-state index >= 15 is 4.39 Å². The van der Waals surface area contributed by atoms with E-state index in [0.29, 0.717) is 11.2 Å². The van der Waals surface area contributed by atoms with Crippen LogP contribution in [0.3, 0.4) is 0 Å². The number of nitrogen functional groups attached to an aromatic ring is 2. The van der Waals surface area contributed by atoms with Gasteiger partial charge in [-0.2, -0.15) is 0 Å². The van der Waals surface area contributed by atoms with Crippen molar-refractivity contribution in [3.8, 4) is 0 Å². The molecule has 1 saturated carbocycles. The van der Waals surface area contributed by atoms with Gasteiger partial charge in [0, 0.05) is 18.2 Å². The van der Waals surface area contributed by atoms with Crippen LogP contribution in [-0.2, 0) is 60.1 Å². The number of alkyl halides is 1. The summed E-state index contributed by atoms with van der Waals surface area (Å²) in [6.07, 6.45) is -2.28. The van der Waals surface area contributed by atoms with E-state index in [1.54, 1.807) is 46.1 Å². The molecule has 0 radical (unpaired) electrons. The number of carbonyl (C=O) groups is 2. The van der Waals surface area contributed by atoms with E-state index in [9.17, 15) is 18.7 Å². The Balaban J connectivity index is 1.22. The average molecular weight is 870 g/mol. The Morgan fingerprint density at radius 1 is 0.814 bits per heavy atom. The summed E-state index contributed by atoms with van der Waals surface area (Å²) in [5.74, 6) is -1.96. The second-order valence-corrected chi connectivity index (χ2v) is 19.5. The molecule has 4 N–H and O–H groups in total. The van der Waals surface area contributed by atoms with Crippen LogP contribution in [0.15, 0.2) is 31.2 Å². The molecule has 2 aliphatic heterocycles. The minimum Gasteiger partial charge on any atom is -0.437 e. The molecule has 6 heterocycles. The van der Waals surface area contributed by atoms with Gasteiger partial charge in [-0.15, -0.1) is 0 Å². The van der Waals surface area contributed by atoms with Crippen LogP contribution in [0.4, 0.5) is 15.9 Å². The van der Waals surface area contributed by atoms with Crippen molar-refractivity contribution in [1.29, 1.82) is 0 Å². The number of phosphoric acid groups is 2. The lowest BCUT2D eigenvalue weighted by atomic mass is 9.98. The SMILES string of the molecule is CC(C)(C)C(=O)OCOP1(=O)OC[C@H]2C[C@@H](n3cnc4c(N)ncnc43)C[C@H]2OP(=O)(OCOC(=O)C(C)(C)C)OC[C@H]2O[C@@H](n3cnc4c(N)ccnc43)C(F)[C@H]2O1. The van der Waals surface area contributed by atoms with E-state index in [2.05, 4.69) is 24.9 Å². The van der Waals surface area contributed by atoms with Crippen molar-refractivity contribution >= 4 is 61.4 Å². The van der Waals surface area contributed by atoms with Crippen molar-refractivity contribution in [3.05, 3.63) is 31.2 Å². The first kappa shape index (κ1) is 42.9. The van der Waals surface area contributed by atoms with E-state index in [1.807, 2.05) is 0 Å². The fraction of sp³-hybridized carbons (Fsp3) is 0.618. The Bertz CT molecular complexity index is 2300. The quantitative estimate of drug-likeness (QED) is 0.137. The zero-order valence-corrected chi connectivity index (χ0v) is 34.8. The summed E-state index contributed by atoms with van der Waals surface area (Å²) in [4.78, 5) is 46.4. The summed E-state index contributed by atoms with van der Waals surface area (Å²) >= 11 is 0. The number of anilines is 2. The van der Waals surface area contributed by atoms with Crippen molar-refractivity contribution in [1.82, 2.24) is 34.1 Å². The first-order chi connectivity index (χ1) is 27.8. The van der Waals surface area contributed by atoms with Crippen molar-refractivity contribution < 1.29 is 64.5 Å². The number of fused-ring (bicyclic) bond motifs is 4. The molecule has 0 amide bonds. The molecule has 0 aromatic carbocycles. The second-order valence-electron chi connectivity index (χ2n) is 16.3. The number of imidazole rings is 2. The summed E-state index contributed by atoms with van der Waals surface area (Å²) in [6, 6.07) is 1.06. The molecular formula is C34H46FN9O13P2. The van der Waals surface area contributed by atoms with Crippen LogP contribution in [0, 0.1) is 16.7 Å². The molecule has 9 atom stereocenters. The van der Waals surface area contributed by atoms with Crippen molar-refractivity contribution in [2.24, 2.45) is 16.7 Å². The smallest absolute Gasteiger partial charge is 0.437 e. The maximum absolute atomic E-state index is 16.8. The number of esters is 2. The number of nitrogens with two attached hydrogens (primary N) is 2. The van der Waals surface area contributed by atoms with Crippen LogP contribution >= 0.6 is 15.6 Å². The lowest BCUT2D eigenvalue weighted by molar-refractivity contribution is -0.161. The molecule has 1 aliphatic carbocycles. The summed E-state index contributed by atoms with van der Waals surface area (Å²) in [7, 11) is -9.62. The molecule has 0 bridgehead atoms. The minimum atomic E-state index is -4.87. The van der Waals surface area contributed by atoms with Gasteiger partial charge in [0.15, 0.2) is 29.5 Å². The Kier molecular flexibility index (Phi) is 11.9. The molecule has 7 rings (SSSR count). The number of nitrogens with zero attached hydrogens (tertiary/aromatic N) is 7. The van der Waals surface area contributed by atoms with E-state index in [0.717, 1.165) is 0 Å². The van der Waals surface area contributed by atoms with E-state index in [4.69, 9.17) is 52.8 Å². The zero-order valence-electron chi connectivity index (χ0n) is 33.0. The number of rotatable bonds is 8. The maximum Gasteiger partial charge on any atom is 0.478 e. The largest absolute Gasteiger partial charge is 0.478 e. The van der Waals surface area contributed by atoms with E-state index in [1.165, 1.54) is 35.8 Å². The van der Waals surface area contributed by atoms with E-state index in [-0.39, 0.29) is 35.5 Å². The Morgan fingerprint density at radius 2 is 1.42 bits per heavy atom. The lowest BCUT2D eigenvalue weighted by Crippen LogP contribution is -2.35. The van der Waals surface area contributed by atoms with Crippen LogP contribution in [0.2, 0.25) is 0 Å². The maximum atomic E-state index is 16.8. The molecule has 322 valence electrons. The normalized spacial score (nSPS) is 30.7. The van der Waals surface area contributed by atoms with Gasteiger partial charge in [0.1, 0.15) is 29.6 Å². The highest BCUT2D eigenvalue weighted by Crippen LogP contribution is 2.59. The fourth-order valence-electron chi connectivity index (χ4n) is 6.63. The molecule has 3 fully saturated rings. The Morgan fingerprint density at radius 3 is 2.10 bits per heavy atom. The highest BCUT2D eigenvalue weighted by molar-refractivity contribution is 7.48. The van der Waals surface area contributed by atoms with Crippen molar-refractivity contribution in [2.75, 3.05) is 38.3 Å². The molecule has 3 aliphatic rings. The molecule has 2 saturated heterocycles. The number of ether oxygens (including phenoxy) is 3. The minimum absolute atomic E-state index is 0.123. The molecule has 22 nitrogen and oxygen atoms in total. The summed E-state index contributed by atoms with van der Waals surface area (Å²) in [5.41, 5.74) is 11.6. The third-order valence-electron chi connectivity index (χ3n) is 9.80. The Hall–Kier alpha value is -4.18. The Labute approximate surface area is 336 Å². The zero-order chi connectivity index (χ0) is 42.5. The average Bonchev–Trinajstić information content (AvgIpc) is 3.95. The van der Waals surface area contributed by atoms with Crippen LogP contribution in [-0.4, -0.2) is 97.3 Å². The predicted molar refractivity (Wildman–Crippen MR) is 202 cm³/mol. The van der Waals surface area contributed by atoms with Gasteiger partial charge in [-0.1, -0.05) is 0 Å². The summed E-state index contributed by atoms with van der Waals surface area (Å²) < 4.78 is 100. The molecular weight excluding hydrogens is 823 g/mol. The lowest BCUT2D eigenvalue weighted by Gasteiger charge is -2.30. The third kappa shape index (κ3) is 9.13. The fourth-order valence-corrected chi connectivity index (χ4v) is 9.23. The summed E-state index contributed by atoms with van der Waals surface area (Å²) in [5, 5.41) is 0. The van der Waals surface area contributed by atoms with Gasteiger partial charge in [-0.3, -0.25) is 32.3 Å². The van der Waals surface area contributed by atoms with Crippen molar-refractivity contribution in [2.45, 2.75) is 91.1 Å². The molecule has 0 spiro atoms. The number of hydrogen-bond donors (Lipinski definition) is 2. The van der Waals surface area contributed by atoms with E-state index < -0.39 is 108 Å². The monoisotopic (exact) mass is 869 g/mol. The molecule has 4 aromatic rings. The topological polar surface area (TPSA) is 278 Å². The van der Waals surface area contributed by atoms with Gasteiger partial charge >= 0.3 is 27.6 Å². The number of aromatic nitrogens is 7. The number of phosphoric ester groups is 2. The number of pyridine rings is 1. The van der Waals surface area contributed by atoms with Crippen LogP contribution < -0.4 is 11.5 Å². The highest BCUT2D eigenvalue weighted by atomic mass is 31.2. The van der Waals surface area contributed by atoms with Gasteiger partial charge in [-0.05, 0) is 60.5 Å². The number of hydrogen-bond acceptors (Lipinski definition) is 20. The van der Waals surface area contributed by atoms with Gasteiger partial charge in [0.25, 0.3) is 0 Å². The molecule has 4 aromatic heterocycles. The van der Waals surface area contributed by atoms with Gasteiger partial charge < -0.3 is 30.2 Å². The van der Waals surface area contributed by atoms with Gasteiger partial charge in [-0.25, -0.2) is 47.5 Å². The number of carbonyl (C=O) groups excluding carboxylic acids is 2. The first-order valence-corrected chi connectivity index (χ1v) is 21.5. The van der Waals surface area contributed by atoms with Gasteiger partial charge in [0.2, 0.25) is 13.6 Å². The standard InChI is InChI=1S/C34H46FN9O13P2/c1-33(2,3)31(45)49-16-53-58(47)52-12-22-26(23(35)30(55-22)44-15-41-24-20(36)7-8-38-28(24)44)57-59(48,54-17-50-32(46)34(4,5)6)51-11-18-9-19(10-21(18)56-58)43-14-42-25-27(37)39-13-40-29(25)43/h7-8,13-15,18-19,21-23,26,30H,9-12,16-17H2,1-6H3,(H2,36,38)(H2,37,39,40)/t18-,19-,21-,22-,23?,26+,30-,58?,59?/m1/s1. The first-order valence-electron chi connectivity index (χ1n) is 18.5.